The third-order valence-corrected chi connectivity index (χ3v) is 3.80. The van der Waals surface area contributed by atoms with Gasteiger partial charge in [0.05, 0.1) is 0 Å². The number of fused-ring (bicyclic) bond motifs is 1. The van der Waals surface area contributed by atoms with Crippen LogP contribution in [0.2, 0.25) is 0 Å². The van der Waals surface area contributed by atoms with Crippen molar-refractivity contribution in [2.75, 3.05) is 0 Å². The summed E-state index contributed by atoms with van der Waals surface area (Å²) in [5.74, 6) is 0.495. The summed E-state index contributed by atoms with van der Waals surface area (Å²) >= 11 is 0. The summed E-state index contributed by atoms with van der Waals surface area (Å²) in [4.78, 5) is 11.7. The molecular weight excluding hydrogens is 226 g/mol. The minimum Gasteiger partial charge on any atom is -0.333 e. The van der Waals surface area contributed by atoms with Crippen LogP contribution in [0, 0.1) is 5.92 Å². The molecule has 2 aliphatic rings. The molecular formula is C14H25N3O. The second-order valence-corrected chi connectivity index (χ2v) is 6.76. The molecule has 0 aromatic heterocycles. The Hall–Kier alpha value is -1.03. The van der Waals surface area contributed by atoms with Gasteiger partial charge in [0.2, 0.25) is 0 Å². The van der Waals surface area contributed by atoms with Gasteiger partial charge in [0.1, 0.15) is 0 Å². The van der Waals surface area contributed by atoms with Gasteiger partial charge in [0, 0.05) is 23.2 Å². The number of hydrogen-bond donors (Lipinski definition) is 3. The smallest absolute Gasteiger partial charge is 0.319 e. The fourth-order valence-electron chi connectivity index (χ4n) is 2.76. The van der Waals surface area contributed by atoms with E-state index < -0.39 is 0 Å². The van der Waals surface area contributed by atoms with E-state index in [0.29, 0.717) is 5.92 Å². The largest absolute Gasteiger partial charge is 0.333 e. The van der Waals surface area contributed by atoms with Gasteiger partial charge in [-0.3, -0.25) is 0 Å². The van der Waals surface area contributed by atoms with E-state index in [1.807, 2.05) is 27.0 Å². The highest BCUT2D eigenvalue weighted by atomic mass is 16.2. The van der Waals surface area contributed by atoms with Crippen molar-refractivity contribution in [1.82, 2.24) is 10.6 Å². The van der Waals surface area contributed by atoms with Crippen LogP contribution in [0.25, 0.3) is 0 Å². The zero-order valence-corrected chi connectivity index (χ0v) is 11.7. The maximum absolute atomic E-state index is 11.7. The Morgan fingerprint density at radius 1 is 1.44 bits per heavy atom. The highest BCUT2D eigenvalue weighted by molar-refractivity contribution is 5.75. The SMILES string of the molecule is CC(C)(C)NC(=O)N/C=C1\CCCC[C@]2(N)CC12. The molecule has 2 atom stereocenters. The summed E-state index contributed by atoms with van der Waals surface area (Å²) in [7, 11) is 0. The Kier molecular flexibility index (Phi) is 3.41. The van der Waals surface area contributed by atoms with Gasteiger partial charge in [-0.2, -0.15) is 0 Å². The average molecular weight is 251 g/mol. The molecule has 0 bridgehead atoms. The summed E-state index contributed by atoms with van der Waals surface area (Å²) in [5.41, 5.74) is 7.43. The van der Waals surface area contributed by atoms with Crippen LogP contribution >= 0.6 is 0 Å². The first-order valence-electron chi connectivity index (χ1n) is 6.87. The van der Waals surface area contributed by atoms with Gasteiger partial charge in [-0.1, -0.05) is 6.42 Å². The number of nitrogens with one attached hydrogen (secondary N) is 2. The average Bonchev–Trinajstić information content (AvgIpc) is 2.87. The molecule has 4 heteroatoms. The summed E-state index contributed by atoms with van der Waals surface area (Å²) in [6, 6.07) is -0.137. The van der Waals surface area contributed by atoms with Gasteiger partial charge in [-0.15, -0.1) is 0 Å². The second kappa shape index (κ2) is 4.57. The molecule has 4 nitrogen and oxygen atoms in total. The van der Waals surface area contributed by atoms with Gasteiger partial charge >= 0.3 is 6.03 Å². The van der Waals surface area contributed by atoms with Crippen LogP contribution in [0.4, 0.5) is 4.79 Å². The molecule has 0 aliphatic heterocycles. The van der Waals surface area contributed by atoms with Crippen molar-refractivity contribution in [1.29, 1.82) is 0 Å². The molecule has 2 fully saturated rings. The molecule has 0 saturated heterocycles. The first kappa shape index (κ1) is 13.4. The van der Waals surface area contributed by atoms with Crippen LogP contribution < -0.4 is 16.4 Å². The van der Waals surface area contributed by atoms with Gasteiger partial charge in [0.15, 0.2) is 0 Å². The Balaban J connectivity index is 1.91. The minimum absolute atomic E-state index is 0.0323. The van der Waals surface area contributed by atoms with Crippen molar-refractivity contribution in [2.45, 2.75) is 64.0 Å². The molecule has 0 aromatic carbocycles. The molecule has 0 aromatic rings. The van der Waals surface area contributed by atoms with E-state index in [4.69, 9.17) is 5.73 Å². The van der Waals surface area contributed by atoms with Crippen LogP contribution in [0.5, 0.6) is 0 Å². The molecule has 4 N–H and O–H groups in total. The van der Waals surface area contributed by atoms with Crippen LogP contribution in [0.3, 0.4) is 0 Å². The van der Waals surface area contributed by atoms with E-state index >= 15 is 0 Å². The number of rotatable bonds is 1. The van der Waals surface area contributed by atoms with Crippen molar-refractivity contribution in [3.05, 3.63) is 11.8 Å². The summed E-state index contributed by atoms with van der Waals surface area (Å²) in [6.45, 7) is 5.91. The number of carbonyl (C=O) groups is 1. The third kappa shape index (κ3) is 3.25. The molecule has 102 valence electrons. The van der Waals surface area contributed by atoms with E-state index in [9.17, 15) is 4.79 Å². The zero-order chi connectivity index (χ0) is 13.4. The van der Waals surface area contributed by atoms with Crippen molar-refractivity contribution in [2.24, 2.45) is 11.7 Å². The number of amides is 2. The predicted octanol–water partition coefficient (Wildman–Crippen LogP) is 2.26. The standard InChI is InChI=1S/C14H25N3O/c1-13(2,3)17-12(18)16-9-10-6-4-5-7-14(15)8-11(10)14/h9,11H,4-8,15H2,1-3H3,(H2,16,17,18)/b10-9+/t11?,14-/m0/s1. The van der Waals surface area contributed by atoms with Crippen molar-refractivity contribution < 1.29 is 4.79 Å². The predicted molar refractivity (Wildman–Crippen MR) is 73.0 cm³/mol. The van der Waals surface area contributed by atoms with Crippen molar-refractivity contribution in [3.8, 4) is 0 Å². The molecule has 18 heavy (non-hydrogen) atoms. The van der Waals surface area contributed by atoms with E-state index in [-0.39, 0.29) is 17.1 Å². The third-order valence-electron chi connectivity index (χ3n) is 3.80. The van der Waals surface area contributed by atoms with Crippen LogP contribution in [-0.2, 0) is 0 Å². The second-order valence-electron chi connectivity index (χ2n) is 6.76. The molecule has 2 rings (SSSR count). The molecule has 2 saturated carbocycles. The van der Waals surface area contributed by atoms with Gasteiger partial charge in [0.25, 0.3) is 0 Å². The summed E-state index contributed by atoms with van der Waals surface area (Å²) < 4.78 is 0. The maximum Gasteiger partial charge on any atom is 0.319 e. The zero-order valence-electron chi connectivity index (χ0n) is 11.7. The highest BCUT2D eigenvalue weighted by Gasteiger charge is 2.52. The molecule has 0 radical (unpaired) electrons. The van der Waals surface area contributed by atoms with E-state index in [0.717, 1.165) is 19.3 Å². The van der Waals surface area contributed by atoms with E-state index in [2.05, 4.69) is 10.6 Å². The van der Waals surface area contributed by atoms with Crippen LogP contribution in [0.1, 0.15) is 52.9 Å². The Morgan fingerprint density at radius 2 is 2.17 bits per heavy atom. The first-order valence-corrected chi connectivity index (χ1v) is 6.87. The monoisotopic (exact) mass is 251 g/mol. The van der Waals surface area contributed by atoms with E-state index in [1.54, 1.807) is 0 Å². The molecule has 2 amide bonds. The fourth-order valence-corrected chi connectivity index (χ4v) is 2.76. The summed E-state index contributed by atoms with van der Waals surface area (Å²) in [6.07, 6.45) is 7.55. The fraction of sp³-hybridized carbons (Fsp3) is 0.786. The lowest BCUT2D eigenvalue weighted by Crippen LogP contribution is -2.45. The van der Waals surface area contributed by atoms with Gasteiger partial charge < -0.3 is 16.4 Å². The van der Waals surface area contributed by atoms with Crippen molar-refractivity contribution in [3.63, 3.8) is 0 Å². The highest BCUT2D eigenvalue weighted by Crippen LogP contribution is 2.52. The first-order chi connectivity index (χ1) is 8.30. The van der Waals surface area contributed by atoms with Crippen LogP contribution in [-0.4, -0.2) is 17.1 Å². The van der Waals surface area contributed by atoms with E-state index in [1.165, 1.54) is 18.4 Å². The Bertz CT molecular complexity index is 370. The van der Waals surface area contributed by atoms with Crippen molar-refractivity contribution >= 4 is 6.03 Å². The topological polar surface area (TPSA) is 67.2 Å². The van der Waals surface area contributed by atoms with Gasteiger partial charge in [-0.25, -0.2) is 4.79 Å². The minimum atomic E-state index is -0.205. The lowest BCUT2D eigenvalue weighted by molar-refractivity contribution is 0.235. The lowest BCUT2D eigenvalue weighted by atomic mass is 10.1. The number of urea groups is 1. The quantitative estimate of drug-likeness (QED) is 0.669. The molecule has 0 spiro atoms. The lowest BCUT2D eigenvalue weighted by Gasteiger charge is -2.20. The molecule has 0 heterocycles. The maximum atomic E-state index is 11.7. The Labute approximate surface area is 109 Å². The van der Waals surface area contributed by atoms with Gasteiger partial charge in [-0.05, 0) is 52.0 Å². The summed E-state index contributed by atoms with van der Waals surface area (Å²) in [5, 5.41) is 5.73. The Morgan fingerprint density at radius 3 is 2.83 bits per heavy atom. The molecule has 2 aliphatic carbocycles. The number of carbonyl (C=O) groups excluding carboxylic acids is 1. The number of hydrogen-bond acceptors (Lipinski definition) is 2. The van der Waals surface area contributed by atoms with Crippen LogP contribution in [0.15, 0.2) is 11.8 Å². The molecule has 1 unspecified atom stereocenters. The number of nitrogens with two attached hydrogens (primary N) is 1. The normalized spacial score (nSPS) is 33.6.